The Kier molecular flexibility index (Phi) is 1.96. The van der Waals surface area contributed by atoms with Crippen LogP contribution in [0.25, 0.3) is 10.8 Å². The maximum Gasteiger partial charge on any atom is 0.131 e. The predicted molar refractivity (Wildman–Crippen MR) is 53.3 cm³/mol. The highest BCUT2D eigenvalue weighted by Gasteiger charge is 2.04. The van der Waals surface area contributed by atoms with E-state index in [2.05, 4.69) is 15.9 Å². The fraction of sp³-hybridized carbons (Fsp3) is 0. The molecule has 3 heteroatoms. The lowest BCUT2D eigenvalue weighted by molar-refractivity contribution is 0.475. The van der Waals surface area contributed by atoms with Crippen molar-refractivity contribution in [3.05, 3.63) is 40.6 Å². The van der Waals surface area contributed by atoms with Crippen LogP contribution in [-0.2, 0) is 0 Å². The molecule has 0 aliphatic heterocycles. The Balaban J connectivity index is 2.94. The van der Waals surface area contributed by atoms with E-state index in [0.29, 0.717) is 9.86 Å². The summed E-state index contributed by atoms with van der Waals surface area (Å²) < 4.78 is 13.9. The third kappa shape index (κ3) is 1.40. The van der Waals surface area contributed by atoms with Gasteiger partial charge >= 0.3 is 0 Å². The molecule has 0 heterocycles. The van der Waals surface area contributed by atoms with Crippen molar-refractivity contribution in [2.45, 2.75) is 0 Å². The Hall–Kier alpha value is -1.09. The van der Waals surface area contributed by atoms with Crippen LogP contribution >= 0.6 is 15.9 Å². The van der Waals surface area contributed by atoms with Crippen LogP contribution in [-0.4, -0.2) is 5.11 Å². The van der Waals surface area contributed by atoms with Gasteiger partial charge in [-0.05, 0) is 23.6 Å². The summed E-state index contributed by atoms with van der Waals surface area (Å²) in [5.74, 6) is -0.265. The predicted octanol–water partition coefficient (Wildman–Crippen LogP) is 3.45. The first-order valence-corrected chi connectivity index (χ1v) is 4.54. The number of phenolic OH excluding ortho intramolecular Hbond substituents is 1. The molecule has 0 fully saturated rings. The summed E-state index contributed by atoms with van der Waals surface area (Å²) in [6.45, 7) is 0. The lowest BCUT2D eigenvalue weighted by atomic mass is 10.1. The van der Waals surface area contributed by atoms with Crippen molar-refractivity contribution in [1.29, 1.82) is 0 Å². The average molecular weight is 241 g/mol. The number of aromatic hydroxyl groups is 1. The van der Waals surface area contributed by atoms with Gasteiger partial charge in [0.1, 0.15) is 11.6 Å². The molecule has 0 radical (unpaired) electrons. The lowest BCUT2D eigenvalue weighted by Crippen LogP contribution is -1.80. The topological polar surface area (TPSA) is 20.2 Å². The largest absolute Gasteiger partial charge is 0.508 e. The van der Waals surface area contributed by atoms with E-state index < -0.39 is 0 Å². The minimum Gasteiger partial charge on any atom is -0.508 e. The van der Waals surface area contributed by atoms with E-state index in [4.69, 9.17) is 0 Å². The molecule has 0 atom stereocenters. The quantitative estimate of drug-likeness (QED) is 0.748. The molecule has 0 saturated heterocycles. The van der Waals surface area contributed by atoms with Crippen LogP contribution in [0.4, 0.5) is 4.39 Å². The Morgan fingerprint density at radius 1 is 1.15 bits per heavy atom. The normalized spacial score (nSPS) is 10.6. The summed E-state index contributed by atoms with van der Waals surface area (Å²) in [7, 11) is 0. The average Bonchev–Trinajstić information content (AvgIpc) is 2.07. The summed E-state index contributed by atoms with van der Waals surface area (Å²) in [5.41, 5.74) is 0. The van der Waals surface area contributed by atoms with Gasteiger partial charge < -0.3 is 5.11 Å². The molecule has 0 aliphatic rings. The van der Waals surface area contributed by atoms with Crippen LogP contribution in [0.5, 0.6) is 5.75 Å². The highest BCUT2D eigenvalue weighted by molar-refractivity contribution is 9.10. The number of benzene rings is 2. The highest BCUT2D eigenvalue weighted by atomic mass is 79.9. The molecule has 0 amide bonds. The zero-order valence-corrected chi connectivity index (χ0v) is 8.18. The van der Waals surface area contributed by atoms with Crippen LogP contribution < -0.4 is 0 Å². The SMILES string of the molecule is Oc1cc(Br)c2cccc(F)c2c1. The standard InChI is InChI=1S/C10H6BrFO/c11-9-5-6(13)4-8-7(9)2-1-3-10(8)12/h1-5,13H. The van der Waals surface area contributed by atoms with E-state index in [9.17, 15) is 9.50 Å². The van der Waals surface area contributed by atoms with Crippen LogP contribution in [0.3, 0.4) is 0 Å². The second-order valence-corrected chi connectivity index (χ2v) is 3.62. The zero-order chi connectivity index (χ0) is 9.42. The first-order valence-electron chi connectivity index (χ1n) is 3.75. The number of hydrogen-bond donors (Lipinski definition) is 1. The Morgan fingerprint density at radius 3 is 2.69 bits per heavy atom. The monoisotopic (exact) mass is 240 g/mol. The fourth-order valence-electron chi connectivity index (χ4n) is 1.29. The summed E-state index contributed by atoms with van der Waals surface area (Å²) in [5, 5.41) is 10.4. The molecule has 13 heavy (non-hydrogen) atoms. The van der Waals surface area contributed by atoms with Crippen molar-refractivity contribution in [3.8, 4) is 5.75 Å². The van der Waals surface area contributed by atoms with E-state index in [1.165, 1.54) is 12.1 Å². The van der Waals surface area contributed by atoms with E-state index in [1.54, 1.807) is 18.2 Å². The second-order valence-electron chi connectivity index (χ2n) is 2.76. The van der Waals surface area contributed by atoms with Crippen LogP contribution in [0.2, 0.25) is 0 Å². The highest BCUT2D eigenvalue weighted by Crippen LogP contribution is 2.30. The maximum atomic E-state index is 13.2. The smallest absolute Gasteiger partial charge is 0.131 e. The second kappa shape index (κ2) is 3.00. The summed E-state index contributed by atoms with van der Waals surface area (Å²) >= 11 is 3.26. The van der Waals surface area contributed by atoms with Crippen molar-refractivity contribution < 1.29 is 9.50 Å². The Labute approximate surface area is 82.9 Å². The molecule has 0 aromatic heterocycles. The zero-order valence-electron chi connectivity index (χ0n) is 6.59. The summed E-state index contributed by atoms with van der Waals surface area (Å²) in [6.07, 6.45) is 0. The van der Waals surface area contributed by atoms with Crippen LogP contribution in [0.1, 0.15) is 0 Å². The number of hydrogen-bond acceptors (Lipinski definition) is 1. The Morgan fingerprint density at radius 2 is 1.92 bits per heavy atom. The van der Waals surface area contributed by atoms with Crippen molar-refractivity contribution in [2.75, 3.05) is 0 Å². The van der Waals surface area contributed by atoms with Gasteiger partial charge in [-0.2, -0.15) is 0 Å². The molecule has 2 aromatic carbocycles. The van der Waals surface area contributed by atoms with Gasteiger partial charge in [-0.15, -0.1) is 0 Å². The van der Waals surface area contributed by atoms with Gasteiger partial charge in [0.2, 0.25) is 0 Å². The van der Waals surface area contributed by atoms with Crippen LogP contribution in [0.15, 0.2) is 34.8 Å². The minimum atomic E-state index is -0.325. The van der Waals surface area contributed by atoms with Gasteiger partial charge in [0.15, 0.2) is 0 Å². The van der Waals surface area contributed by atoms with Gasteiger partial charge in [-0.3, -0.25) is 0 Å². The number of halogens is 2. The third-order valence-corrected chi connectivity index (χ3v) is 2.53. The van der Waals surface area contributed by atoms with Crippen molar-refractivity contribution >= 4 is 26.7 Å². The van der Waals surface area contributed by atoms with Crippen molar-refractivity contribution in [3.63, 3.8) is 0 Å². The van der Waals surface area contributed by atoms with Gasteiger partial charge in [0.25, 0.3) is 0 Å². The molecular weight excluding hydrogens is 235 g/mol. The first kappa shape index (κ1) is 8.51. The molecule has 0 bridgehead atoms. The summed E-state index contributed by atoms with van der Waals surface area (Å²) in [4.78, 5) is 0. The molecule has 1 N–H and O–H groups in total. The number of phenols is 1. The van der Waals surface area contributed by atoms with Gasteiger partial charge in [0, 0.05) is 9.86 Å². The van der Waals surface area contributed by atoms with E-state index >= 15 is 0 Å². The molecule has 0 spiro atoms. The van der Waals surface area contributed by atoms with Gasteiger partial charge in [0.05, 0.1) is 0 Å². The molecule has 1 nitrogen and oxygen atoms in total. The number of fused-ring (bicyclic) bond motifs is 1. The minimum absolute atomic E-state index is 0.0597. The third-order valence-electron chi connectivity index (χ3n) is 1.88. The molecule has 0 unspecified atom stereocenters. The molecule has 2 rings (SSSR count). The first-order chi connectivity index (χ1) is 6.18. The summed E-state index contributed by atoms with van der Waals surface area (Å²) in [6, 6.07) is 7.76. The van der Waals surface area contributed by atoms with Gasteiger partial charge in [-0.1, -0.05) is 28.1 Å². The molecule has 66 valence electrons. The van der Waals surface area contributed by atoms with E-state index in [0.717, 1.165) is 5.39 Å². The number of rotatable bonds is 0. The van der Waals surface area contributed by atoms with Gasteiger partial charge in [-0.25, -0.2) is 4.39 Å². The lowest BCUT2D eigenvalue weighted by Gasteiger charge is -2.02. The molecule has 0 saturated carbocycles. The van der Waals surface area contributed by atoms with Crippen LogP contribution in [0, 0.1) is 5.82 Å². The van der Waals surface area contributed by atoms with E-state index in [-0.39, 0.29) is 11.6 Å². The van der Waals surface area contributed by atoms with Crippen molar-refractivity contribution in [1.82, 2.24) is 0 Å². The van der Waals surface area contributed by atoms with E-state index in [1.807, 2.05) is 0 Å². The van der Waals surface area contributed by atoms with Crippen molar-refractivity contribution in [2.24, 2.45) is 0 Å². The molecular formula is C10H6BrFO. The fourth-order valence-corrected chi connectivity index (χ4v) is 1.87. The maximum absolute atomic E-state index is 13.2. The Bertz CT molecular complexity index is 468. The molecule has 0 aliphatic carbocycles. The molecule has 2 aromatic rings.